The zero-order valence-corrected chi connectivity index (χ0v) is 10.5. The summed E-state index contributed by atoms with van der Waals surface area (Å²) in [6.07, 6.45) is 1.08. The molecule has 80 valence electrons. The fourth-order valence-corrected chi connectivity index (χ4v) is 3.02. The van der Waals surface area contributed by atoms with E-state index < -0.39 is 0 Å². The lowest BCUT2D eigenvalue weighted by molar-refractivity contribution is 0.141. The maximum Gasteiger partial charge on any atom is 0.0482 e. The van der Waals surface area contributed by atoms with E-state index in [0.29, 0.717) is 0 Å². The Kier molecular flexibility index (Phi) is 3.85. The lowest BCUT2D eigenvalue weighted by atomic mass is 9.95. The summed E-state index contributed by atoms with van der Waals surface area (Å²) in [4.78, 5) is 1.22. The monoisotopic (exact) mass is 212 g/mol. The third-order valence-corrected chi connectivity index (χ3v) is 4.56. The Morgan fingerprint density at radius 3 is 2.50 bits per heavy atom. The van der Waals surface area contributed by atoms with Crippen LogP contribution in [0, 0.1) is 0 Å². The normalized spacial score (nSPS) is 27.6. The molecule has 0 radical (unpaired) electrons. The van der Waals surface area contributed by atoms with Crippen LogP contribution in [0.3, 0.4) is 0 Å². The Hall–Kier alpha value is -0.210. The Morgan fingerprint density at radius 2 is 2.07 bits per heavy atom. The highest BCUT2D eigenvalue weighted by atomic mass is 32.2. The van der Waals surface area contributed by atoms with Gasteiger partial charge in [-0.1, -0.05) is 12.2 Å². The van der Waals surface area contributed by atoms with Crippen LogP contribution in [0.4, 0.5) is 0 Å². The average Bonchev–Trinajstić information content (AvgIpc) is 2.32. The number of allylic oxidation sites excluding steroid dienone is 1. The first-order valence-electron chi connectivity index (χ1n) is 5.15. The molecule has 1 atom stereocenters. The molecule has 0 saturated heterocycles. The molecule has 1 nitrogen and oxygen atoms in total. The molecule has 14 heavy (non-hydrogen) atoms. The first-order chi connectivity index (χ1) is 6.51. The Bertz CT molecular complexity index is 267. The van der Waals surface area contributed by atoms with Gasteiger partial charge in [-0.05, 0) is 39.7 Å². The summed E-state index contributed by atoms with van der Waals surface area (Å²) in [6, 6.07) is 0. The van der Waals surface area contributed by atoms with Crippen molar-refractivity contribution in [3.8, 4) is 0 Å². The average molecular weight is 212 g/mol. The van der Waals surface area contributed by atoms with Crippen molar-refractivity contribution in [1.29, 1.82) is 0 Å². The molecule has 0 aromatic heterocycles. The third-order valence-electron chi connectivity index (χ3n) is 3.05. The molecule has 0 spiro atoms. The molecule has 1 aliphatic rings. The van der Waals surface area contributed by atoms with Gasteiger partial charge in [-0.2, -0.15) is 0 Å². The molecule has 1 heterocycles. The van der Waals surface area contributed by atoms with Gasteiger partial charge in [-0.3, -0.25) is 0 Å². The number of hydrogen-bond donors (Lipinski definition) is 0. The van der Waals surface area contributed by atoms with Crippen LogP contribution in [0.5, 0.6) is 0 Å². The first kappa shape index (κ1) is 11.9. The van der Waals surface area contributed by atoms with E-state index in [1.165, 1.54) is 16.1 Å². The SMILES string of the molecule is C=C1SC(C)(CCOCC)C(C)=C1C. The van der Waals surface area contributed by atoms with Crippen LogP contribution in [0.15, 0.2) is 22.6 Å². The van der Waals surface area contributed by atoms with Crippen LogP contribution in [0.2, 0.25) is 0 Å². The van der Waals surface area contributed by atoms with Crippen molar-refractivity contribution >= 4 is 11.8 Å². The zero-order valence-electron chi connectivity index (χ0n) is 9.64. The van der Waals surface area contributed by atoms with Gasteiger partial charge >= 0.3 is 0 Å². The van der Waals surface area contributed by atoms with Crippen LogP contribution >= 0.6 is 11.8 Å². The molecule has 0 saturated carbocycles. The summed E-state index contributed by atoms with van der Waals surface area (Å²) in [7, 11) is 0. The van der Waals surface area contributed by atoms with Crippen molar-refractivity contribution in [2.24, 2.45) is 0 Å². The maximum atomic E-state index is 5.41. The molecule has 0 aromatic rings. The highest BCUT2D eigenvalue weighted by Crippen LogP contribution is 2.50. The molecule has 2 heteroatoms. The standard InChI is InChI=1S/C12H20OS/c1-6-13-8-7-12(5)10(3)9(2)11(4)14-12/h4,6-8H2,1-3,5H3. The molecular formula is C12H20OS. The van der Waals surface area contributed by atoms with Crippen LogP contribution in [0.1, 0.15) is 34.1 Å². The van der Waals surface area contributed by atoms with Gasteiger partial charge in [0.25, 0.3) is 0 Å². The molecule has 0 bridgehead atoms. The summed E-state index contributed by atoms with van der Waals surface area (Å²) < 4.78 is 5.63. The molecule has 0 amide bonds. The van der Waals surface area contributed by atoms with Crippen LogP contribution in [-0.4, -0.2) is 18.0 Å². The smallest absolute Gasteiger partial charge is 0.0482 e. The van der Waals surface area contributed by atoms with E-state index in [0.717, 1.165) is 19.6 Å². The van der Waals surface area contributed by atoms with Crippen molar-refractivity contribution in [3.63, 3.8) is 0 Å². The van der Waals surface area contributed by atoms with E-state index in [1.807, 2.05) is 18.7 Å². The Balaban J connectivity index is 2.63. The van der Waals surface area contributed by atoms with Gasteiger partial charge in [0.15, 0.2) is 0 Å². The molecule has 0 aromatic carbocycles. The van der Waals surface area contributed by atoms with Crippen molar-refractivity contribution in [1.82, 2.24) is 0 Å². The van der Waals surface area contributed by atoms with Crippen LogP contribution < -0.4 is 0 Å². The van der Waals surface area contributed by atoms with E-state index in [9.17, 15) is 0 Å². The van der Waals surface area contributed by atoms with E-state index in [-0.39, 0.29) is 4.75 Å². The molecule has 1 rings (SSSR count). The quantitative estimate of drug-likeness (QED) is 0.656. The van der Waals surface area contributed by atoms with Crippen molar-refractivity contribution in [2.45, 2.75) is 38.9 Å². The minimum absolute atomic E-state index is 0.219. The minimum Gasteiger partial charge on any atom is -0.382 e. The zero-order chi connectivity index (χ0) is 10.8. The second-order valence-corrected chi connectivity index (χ2v) is 5.55. The summed E-state index contributed by atoms with van der Waals surface area (Å²) in [5.74, 6) is 0. The predicted molar refractivity (Wildman–Crippen MR) is 64.6 cm³/mol. The molecule has 0 fully saturated rings. The number of hydrogen-bond acceptors (Lipinski definition) is 2. The number of thioether (sulfide) groups is 1. The van der Waals surface area contributed by atoms with Crippen molar-refractivity contribution < 1.29 is 4.74 Å². The predicted octanol–water partition coefficient (Wildman–Crippen LogP) is 3.77. The summed E-state index contributed by atoms with van der Waals surface area (Å²) in [5, 5.41) is 0. The highest BCUT2D eigenvalue weighted by molar-refractivity contribution is 8.05. The lowest BCUT2D eigenvalue weighted by Crippen LogP contribution is -2.21. The fourth-order valence-electron chi connectivity index (χ4n) is 1.68. The Morgan fingerprint density at radius 1 is 1.43 bits per heavy atom. The van der Waals surface area contributed by atoms with Crippen LogP contribution in [0.25, 0.3) is 0 Å². The first-order valence-corrected chi connectivity index (χ1v) is 5.97. The van der Waals surface area contributed by atoms with Gasteiger partial charge in [-0.15, -0.1) is 11.8 Å². The second kappa shape index (κ2) is 4.54. The topological polar surface area (TPSA) is 9.23 Å². The minimum atomic E-state index is 0.219. The van der Waals surface area contributed by atoms with Gasteiger partial charge in [0.1, 0.15) is 0 Å². The summed E-state index contributed by atoms with van der Waals surface area (Å²) in [6.45, 7) is 14.4. The van der Waals surface area contributed by atoms with Gasteiger partial charge in [-0.25, -0.2) is 0 Å². The number of rotatable bonds is 4. The largest absolute Gasteiger partial charge is 0.382 e. The van der Waals surface area contributed by atoms with E-state index in [1.54, 1.807) is 0 Å². The molecule has 0 N–H and O–H groups in total. The highest BCUT2D eigenvalue weighted by Gasteiger charge is 2.35. The third kappa shape index (κ3) is 2.23. The van der Waals surface area contributed by atoms with Crippen LogP contribution in [-0.2, 0) is 4.74 Å². The molecule has 1 aliphatic heterocycles. The Labute approximate surface area is 91.6 Å². The van der Waals surface area contributed by atoms with E-state index >= 15 is 0 Å². The van der Waals surface area contributed by atoms with Gasteiger partial charge < -0.3 is 4.74 Å². The van der Waals surface area contributed by atoms with Gasteiger partial charge in [0.05, 0.1) is 0 Å². The second-order valence-electron chi connectivity index (χ2n) is 3.95. The number of ether oxygens (including phenoxy) is 1. The van der Waals surface area contributed by atoms with Crippen molar-refractivity contribution in [3.05, 3.63) is 22.6 Å². The van der Waals surface area contributed by atoms with Crippen molar-refractivity contribution in [2.75, 3.05) is 13.2 Å². The summed E-state index contributed by atoms with van der Waals surface area (Å²) in [5.41, 5.74) is 2.83. The maximum absolute atomic E-state index is 5.41. The fraction of sp³-hybridized carbons (Fsp3) is 0.667. The summed E-state index contributed by atoms with van der Waals surface area (Å²) >= 11 is 1.89. The molecular weight excluding hydrogens is 192 g/mol. The van der Waals surface area contributed by atoms with E-state index in [4.69, 9.17) is 4.74 Å². The van der Waals surface area contributed by atoms with Gasteiger partial charge in [0.2, 0.25) is 0 Å². The van der Waals surface area contributed by atoms with E-state index in [2.05, 4.69) is 27.4 Å². The lowest BCUT2D eigenvalue weighted by Gasteiger charge is -2.24. The molecule has 1 unspecified atom stereocenters. The van der Waals surface area contributed by atoms with Gasteiger partial charge in [0, 0.05) is 22.9 Å². The molecule has 0 aliphatic carbocycles.